The van der Waals surface area contributed by atoms with Gasteiger partial charge < -0.3 is 9.73 Å². The lowest BCUT2D eigenvalue weighted by Gasteiger charge is -2.15. The molecule has 1 atom stereocenters. The van der Waals surface area contributed by atoms with Gasteiger partial charge in [-0.3, -0.25) is 0 Å². The van der Waals surface area contributed by atoms with Crippen LogP contribution < -0.4 is 5.32 Å². The van der Waals surface area contributed by atoms with Crippen LogP contribution in [0.5, 0.6) is 0 Å². The highest BCUT2D eigenvalue weighted by Gasteiger charge is 2.26. The lowest BCUT2D eigenvalue weighted by atomic mass is 10.1. The van der Waals surface area contributed by atoms with Gasteiger partial charge in [0.05, 0.1) is 0 Å². The predicted molar refractivity (Wildman–Crippen MR) is 72.7 cm³/mol. The summed E-state index contributed by atoms with van der Waals surface area (Å²) in [6.07, 6.45) is -2.98. The zero-order chi connectivity index (χ0) is 15.3. The van der Waals surface area contributed by atoms with Crippen LogP contribution >= 0.6 is 0 Å². The molecule has 0 fully saturated rings. The molecule has 2 aromatic rings. The number of nitrogens with one attached hydrogen (secondary N) is 1. The first-order valence-electron chi connectivity index (χ1n) is 6.64. The summed E-state index contributed by atoms with van der Waals surface area (Å²) >= 11 is 0. The summed E-state index contributed by atoms with van der Waals surface area (Å²) in [7, 11) is 0. The van der Waals surface area contributed by atoms with E-state index in [0.717, 1.165) is 11.3 Å². The number of hydrogen-bond donors (Lipinski definition) is 1. The van der Waals surface area contributed by atoms with Gasteiger partial charge in [0.15, 0.2) is 0 Å². The Bertz CT molecular complexity index is 538. The second-order valence-corrected chi connectivity index (χ2v) is 4.87. The molecular formula is C14H16F3N3O. The van der Waals surface area contributed by atoms with Crippen molar-refractivity contribution in [2.75, 3.05) is 5.32 Å². The molecule has 1 aromatic carbocycles. The second kappa shape index (κ2) is 6.60. The molecular weight excluding hydrogens is 283 g/mol. The third kappa shape index (κ3) is 5.09. The first kappa shape index (κ1) is 15.3. The van der Waals surface area contributed by atoms with Crippen LogP contribution in [0.4, 0.5) is 18.9 Å². The fourth-order valence-corrected chi connectivity index (χ4v) is 1.97. The Morgan fingerprint density at radius 3 is 2.52 bits per heavy atom. The molecule has 4 nitrogen and oxygen atoms in total. The van der Waals surface area contributed by atoms with Crippen molar-refractivity contribution in [2.45, 2.75) is 38.4 Å². The maximum Gasteiger partial charge on any atom is 0.389 e. The van der Waals surface area contributed by atoms with Crippen LogP contribution in [0, 0.1) is 0 Å². The number of anilines is 1. The molecule has 0 bridgehead atoms. The van der Waals surface area contributed by atoms with E-state index in [4.69, 9.17) is 4.42 Å². The van der Waals surface area contributed by atoms with Gasteiger partial charge in [0.1, 0.15) is 0 Å². The molecule has 0 saturated heterocycles. The molecule has 0 saturated carbocycles. The smallest absolute Gasteiger partial charge is 0.389 e. The summed E-state index contributed by atoms with van der Waals surface area (Å²) in [5.41, 5.74) is 1.64. The van der Waals surface area contributed by atoms with Crippen LogP contribution in [-0.4, -0.2) is 22.4 Å². The average Bonchev–Trinajstić information content (AvgIpc) is 2.92. The van der Waals surface area contributed by atoms with Crippen molar-refractivity contribution in [3.63, 3.8) is 0 Å². The lowest BCUT2D eigenvalue weighted by Crippen LogP contribution is -2.16. The summed E-state index contributed by atoms with van der Waals surface area (Å²) < 4.78 is 41.3. The van der Waals surface area contributed by atoms with E-state index < -0.39 is 12.6 Å². The first-order chi connectivity index (χ1) is 9.94. The highest BCUT2D eigenvalue weighted by molar-refractivity contribution is 5.58. The quantitative estimate of drug-likeness (QED) is 0.865. The Labute approximate surface area is 120 Å². The predicted octanol–water partition coefficient (Wildman–Crippen LogP) is 4.27. The molecule has 7 heteroatoms. The summed E-state index contributed by atoms with van der Waals surface area (Å²) in [6.45, 7) is 1.86. The van der Waals surface area contributed by atoms with Crippen LogP contribution in [0.2, 0.25) is 0 Å². The van der Waals surface area contributed by atoms with E-state index in [1.807, 2.05) is 31.2 Å². The van der Waals surface area contributed by atoms with E-state index in [-0.39, 0.29) is 12.5 Å². The minimum atomic E-state index is -4.08. The number of nitrogens with zero attached hydrogens (tertiary/aromatic N) is 2. The molecule has 0 aliphatic rings. The van der Waals surface area contributed by atoms with Gasteiger partial charge in [0.2, 0.25) is 12.3 Å². The average molecular weight is 299 g/mol. The normalized spacial score (nSPS) is 13.1. The van der Waals surface area contributed by atoms with E-state index in [2.05, 4.69) is 15.5 Å². The minimum absolute atomic E-state index is 0.0263. The minimum Gasteiger partial charge on any atom is -0.423 e. The van der Waals surface area contributed by atoms with Gasteiger partial charge in [-0.15, -0.1) is 10.2 Å². The number of halogens is 3. The SMILES string of the molecule is CC(CCCC(F)(F)F)Nc1ccc(-c2nnco2)cc1. The van der Waals surface area contributed by atoms with E-state index in [0.29, 0.717) is 12.3 Å². The summed E-state index contributed by atoms with van der Waals surface area (Å²) in [6, 6.07) is 7.28. The van der Waals surface area contributed by atoms with Crippen LogP contribution in [0.25, 0.3) is 11.5 Å². The van der Waals surface area contributed by atoms with Gasteiger partial charge in [0, 0.05) is 23.7 Å². The lowest BCUT2D eigenvalue weighted by molar-refractivity contribution is -0.135. The molecule has 0 radical (unpaired) electrons. The maximum absolute atomic E-state index is 12.1. The Kier molecular flexibility index (Phi) is 4.82. The molecule has 0 aliphatic heterocycles. The molecule has 0 spiro atoms. The van der Waals surface area contributed by atoms with Gasteiger partial charge in [-0.25, -0.2) is 0 Å². The molecule has 0 amide bonds. The molecule has 1 unspecified atom stereocenters. The highest BCUT2D eigenvalue weighted by Crippen LogP contribution is 2.24. The monoisotopic (exact) mass is 299 g/mol. The third-order valence-corrected chi connectivity index (χ3v) is 3.00. The maximum atomic E-state index is 12.1. The molecule has 1 aromatic heterocycles. The van der Waals surface area contributed by atoms with E-state index >= 15 is 0 Å². The standard InChI is InChI=1S/C14H16F3N3O/c1-10(3-2-8-14(15,16)17)19-12-6-4-11(5-7-12)13-20-18-9-21-13/h4-7,9-10,19H,2-3,8H2,1H3. The number of benzene rings is 1. The Morgan fingerprint density at radius 1 is 1.24 bits per heavy atom. The number of rotatable bonds is 6. The van der Waals surface area contributed by atoms with E-state index in [1.54, 1.807) is 0 Å². The second-order valence-electron chi connectivity index (χ2n) is 4.87. The summed E-state index contributed by atoms with van der Waals surface area (Å²) in [4.78, 5) is 0. The zero-order valence-corrected chi connectivity index (χ0v) is 11.5. The fraction of sp³-hybridized carbons (Fsp3) is 0.429. The Balaban J connectivity index is 1.83. The van der Waals surface area contributed by atoms with Gasteiger partial charge in [-0.1, -0.05) is 0 Å². The van der Waals surface area contributed by atoms with E-state index in [1.165, 1.54) is 6.39 Å². The van der Waals surface area contributed by atoms with Crippen molar-refractivity contribution in [1.29, 1.82) is 0 Å². The summed E-state index contributed by atoms with van der Waals surface area (Å²) in [5, 5.41) is 10.6. The molecule has 1 N–H and O–H groups in total. The first-order valence-corrected chi connectivity index (χ1v) is 6.64. The third-order valence-electron chi connectivity index (χ3n) is 3.00. The Hall–Kier alpha value is -2.05. The summed E-state index contributed by atoms with van der Waals surface area (Å²) in [5.74, 6) is 0.430. The van der Waals surface area contributed by atoms with Crippen LogP contribution in [0.3, 0.4) is 0 Å². The highest BCUT2D eigenvalue weighted by atomic mass is 19.4. The van der Waals surface area contributed by atoms with E-state index in [9.17, 15) is 13.2 Å². The number of alkyl halides is 3. The largest absolute Gasteiger partial charge is 0.423 e. The topological polar surface area (TPSA) is 51.0 Å². The molecule has 2 rings (SSSR count). The van der Waals surface area contributed by atoms with Crippen molar-refractivity contribution >= 4 is 5.69 Å². The molecule has 21 heavy (non-hydrogen) atoms. The van der Waals surface area contributed by atoms with Crippen LogP contribution in [0.1, 0.15) is 26.2 Å². The number of hydrogen-bond acceptors (Lipinski definition) is 4. The molecule has 114 valence electrons. The van der Waals surface area contributed by atoms with Crippen molar-refractivity contribution in [3.05, 3.63) is 30.7 Å². The van der Waals surface area contributed by atoms with Crippen molar-refractivity contribution < 1.29 is 17.6 Å². The number of aromatic nitrogens is 2. The zero-order valence-electron chi connectivity index (χ0n) is 11.5. The van der Waals surface area contributed by atoms with Crippen molar-refractivity contribution in [1.82, 2.24) is 10.2 Å². The molecule has 0 aliphatic carbocycles. The van der Waals surface area contributed by atoms with Gasteiger partial charge in [0.25, 0.3) is 0 Å². The Morgan fingerprint density at radius 2 is 1.95 bits per heavy atom. The van der Waals surface area contributed by atoms with Crippen LogP contribution in [-0.2, 0) is 0 Å². The van der Waals surface area contributed by atoms with Crippen molar-refractivity contribution in [3.8, 4) is 11.5 Å². The van der Waals surface area contributed by atoms with Gasteiger partial charge >= 0.3 is 6.18 Å². The van der Waals surface area contributed by atoms with Crippen LogP contribution in [0.15, 0.2) is 35.1 Å². The van der Waals surface area contributed by atoms with Crippen molar-refractivity contribution in [2.24, 2.45) is 0 Å². The van der Waals surface area contributed by atoms with Gasteiger partial charge in [-0.2, -0.15) is 13.2 Å². The fourth-order valence-electron chi connectivity index (χ4n) is 1.97. The molecule has 1 heterocycles. The van der Waals surface area contributed by atoms with Gasteiger partial charge in [-0.05, 0) is 44.0 Å².